The van der Waals surface area contributed by atoms with Crippen molar-refractivity contribution in [2.24, 2.45) is 4.99 Å². The third-order valence-electron chi connectivity index (χ3n) is 3.92. The number of guanidine groups is 1. The van der Waals surface area contributed by atoms with Crippen molar-refractivity contribution in [3.63, 3.8) is 0 Å². The molecule has 142 valence electrons. The lowest BCUT2D eigenvalue weighted by molar-refractivity contribution is 0.0975. The SMILES string of the molecule is O=C(NC(=NC[C@@H]1CCCO1)Nc1cc(F)cc(F)c1)c1cccc(F)c1. The fourth-order valence-electron chi connectivity index (χ4n) is 2.66. The van der Waals surface area contributed by atoms with Gasteiger partial charge in [-0.3, -0.25) is 10.1 Å². The second kappa shape index (κ2) is 8.68. The Balaban J connectivity index is 1.77. The van der Waals surface area contributed by atoms with Gasteiger partial charge in [-0.25, -0.2) is 18.2 Å². The van der Waals surface area contributed by atoms with E-state index in [-0.39, 0.29) is 29.9 Å². The zero-order chi connectivity index (χ0) is 19.2. The summed E-state index contributed by atoms with van der Waals surface area (Å²) in [5.74, 6) is -2.71. The average Bonchev–Trinajstić information content (AvgIpc) is 3.12. The van der Waals surface area contributed by atoms with Crippen molar-refractivity contribution in [2.45, 2.75) is 18.9 Å². The highest BCUT2D eigenvalue weighted by Gasteiger charge is 2.16. The zero-order valence-electron chi connectivity index (χ0n) is 14.3. The first-order valence-electron chi connectivity index (χ1n) is 8.46. The number of aliphatic imine (C=N–C) groups is 1. The molecule has 0 bridgehead atoms. The van der Waals surface area contributed by atoms with Gasteiger partial charge in [0.05, 0.1) is 12.6 Å². The van der Waals surface area contributed by atoms with Gasteiger partial charge in [-0.05, 0) is 43.2 Å². The number of amides is 1. The molecule has 0 saturated carbocycles. The summed E-state index contributed by atoms with van der Waals surface area (Å²) in [4.78, 5) is 16.6. The molecule has 0 aliphatic carbocycles. The quantitative estimate of drug-likeness (QED) is 0.633. The van der Waals surface area contributed by atoms with E-state index in [1.54, 1.807) is 0 Å². The Labute approximate surface area is 154 Å². The molecule has 2 aromatic carbocycles. The van der Waals surface area contributed by atoms with E-state index in [1.807, 2.05) is 0 Å². The number of anilines is 1. The lowest BCUT2D eigenvalue weighted by Crippen LogP contribution is -2.36. The standard InChI is InChI=1S/C19H18F3N3O2/c20-13-4-1-3-12(7-13)18(26)25-19(23-11-17-5-2-6-27-17)24-16-9-14(21)8-15(22)10-16/h1,3-4,7-10,17H,2,5-6,11H2,(H2,23,24,25,26)/t17-/m0/s1. The Kier molecular flexibility index (Phi) is 6.08. The van der Waals surface area contributed by atoms with Crippen LogP contribution in [0.1, 0.15) is 23.2 Å². The molecule has 0 unspecified atom stereocenters. The second-order valence-electron chi connectivity index (χ2n) is 6.07. The molecule has 27 heavy (non-hydrogen) atoms. The summed E-state index contributed by atoms with van der Waals surface area (Å²) in [5.41, 5.74) is 0.171. The van der Waals surface area contributed by atoms with E-state index in [9.17, 15) is 18.0 Å². The molecule has 2 aromatic rings. The maximum Gasteiger partial charge on any atom is 0.258 e. The highest BCUT2D eigenvalue weighted by atomic mass is 19.1. The number of hydrogen-bond donors (Lipinski definition) is 2. The summed E-state index contributed by atoms with van der Waals surface area (Å²) in [7, 11) is 0. The number of hydrogen-bond acceptors (Lipinski definition) is 3. The number of carbonyl (C=O) groups is 1. The summed E-state index contributed by atoms with van der Waals surface area (Å²) in [6.07, 6.45) is 1.67. The monoisotopic (exact) mass is 377 g/mol. The van der Waals surface area contributed by atoms with E-state index in [2.05, 4.69) is 15.6 Å². The van der Waals surface area contributed by atoms with Crippen molar-refractivity contribution in [1.82, 2.24) is 5.32 Å². The number of ether oxygens (including phenoxy) is 1. The van der Waals surface area contributed by atoms with Gasteiger partial charge in [0, 0.05) is 23.9 Å². The normalized spacial score (nSPS) is 17.0. The molecule has 1 aliphatic heterocycles. The smallest absolute Gasteiger partial charge is 0.258 e. The molecule has 1 fully saturated rings. The Bertz CT molecular complexity index is 832. The molecule has 5 nitrogen and oxygen atoms in total. The molecule has 1 heterocycles. The largest absolute Gasteiger partial charge is 0.376 e. The maximum absolute atomic E-state index is 13.4. The van der Waals surface area contributed by atoms with Crippen LogP contribution < -0.4 is 10.6 Å². The molecule has 1 atom stereocenters. The molecule has 2 N–H and O–H groups in total. The molecule has 8 heteroatoms. The lowest BCUT2D eigenvalue weighted by Gasteiger charge is -2.13. The summed E-state index contributed by atoms with van der Waals surface area (Å²) in [6, 6.07) is 8.02. The first-order chi connectivity index (χ1) is 13.0. The highest BCUT2D eigenvalue weighted by molar-refractivity contribution is 6.09. The topological polar surface area (TPSA) is 62.7 Å². The van der Waals surface area contributed by atoms with E-state index < -0.39 is 23.4 Å². The molecule has 0 radical (unpaired) electrons. The first kappa shape index (κ1) is 18.9. The average molecular weight is 377 g/mol. The number of carbonyl (C=O) groups excluding carboxylic acids is 1. The number of rotatable bonds is 4. The molecular formula is C19H18F3N3O2. The highest BCUT2D eigenvalue weighted by Crippen LogP contribution is 2.14. The number of benzene rings is 2. The molecule has 3 rings (SSSR count). The Morgan fingerprint density at radius 3 is 2.56 bits per heavy atom. The van der Waals surface area contributed by atoms with Crippen molar-refractivity contribution in [1.29, 1.82) is 0 Å². The number of halogens is 3. The predicted octanol–water partition coefficient (Wildman–Crippen LogP) is 3.48. The van der Waals surface area contributed by atoms with Crippen LogP contribution >= 0.6 is 0 Å². The molecule has 1 amide bonds. The van der Waals surface area contributed by atoms with Gasteiger partial charge in [0.25, 0.3) is 5.91 Å². The molecule has 0 aromatic heterocycles. The zero-order valence-corrected chi connectivity index (χ0v) is 14.3. The van der Waals surface area contributed by atoms with Crippen LogP contribution in [0.5, 0.6) is 0 Å². The minimum Gasteiger partial charge on any atom is -0.376 e. The van der Waals surface area contributed by atoms with Gasteiger partial charge < -0.3 is 10.1 Å². The second-order valence-corrected chi connectivity index (χ2v) is 6.07. The van der Waals surface area contributed by atoms with Crippen LogP contribution in [0.25, 0.3) is 0 Å². The molecular weight excluding hydrogens is 359 g/mol. The summed E-state index contributed by atoms with van der Waals surface area (Å²) in [5, 5.41) is 5.19. The molecule has 0 spiro atoms. The van der Waals surface area contributed by atoms with E-state index in [0.717, 1.165) is 37.1 Å². The van der Waals surface area contributed by atoms with Crippen molar-refractivity contribution in [3.05, 3.63) is 65.5 Å². The number of nitrogens with one attached hydrogen (secondary N) is 2. The van der Waals surface area contributed by atoms with E-state index >= 15 is 0 Å². The number of nitrogens with zero attached hydrogens (tertiary/aromatic N) is 1. The van der Waals surface area contributed by atoms with Crippen molar-refractivity contribution in [3.8, 4) is 0 Å². The van der Waals surface area contributed by atoms with Crippen molar-refractivity contribution >= 4 is 17.6 Å². The van der Waals surface area contributed by atoms with Crippen LogP contribution in [0.4, 0.5) is 18.9 Å². The third-order valence-corrected chi connectivity index (χ3v) is 3.92. The first-order valence-corrected chi connectivity index (χ1v) is 8.46. The summed E-state index contributed by atoms with van der Waals surface area (Å²) < 4.78 is 45.6. The fraction of sp³-hybridized carbons (Fsp3) is 0.263. The predicted molar refractivity (Wildman–Crippen MR) is 95.1 cm³/mol. The van der Waals surface area contributed by atoms with Crippen LogP contribution in [-0.2, 0) is 4.74 Å². The minimum atomic E-state index is -0.771. The van der Waals surface area contributed by atoms with Gasteiger partial charge in [-0.1, -0.05) is 6.07 Å². The van der Waals surface area contributed by atoms with E-state index in [4.69, 9.17) is 4.74 Å². The van der Waals surface area contributed by atoms with Gasteiger partial charge in [0.2, 0.25) is 5.96 Å². The molecule has 1 aliphatic rings. The van der Waals surface area contributed by atoms with Gasteiger partial charge in [-0.15, -0.1) is 0 Å². The van der Waals surface area contributed by atoms with Crippen LogP contribution in [0, 0.1) is 17.5 Å². The van der Waals surface area contributed by atoms with Crippen LogP contribution in [0.15, 0.2) is 47.5 Å². The fourth-order valence-corrected chi connectivity index (χ4v) is 2.66. The third kappa shape index (κ3) is 5.55. The van der Waals surface area contributed by atoms with Crippen LogP contribution in [0.3, 0.4) is 0 Å². The van der Waals surface area contributed by atoms with Gasteiger partial charge in [0.15, 0.2) is 0 Å². The van der Waals surface area contributed by atoms with E-state index in [0.29, 0.717) is 6.61 Å². The lowest BCUT2D eigenvalue weighted by atomic mass is 10.2. The van der Waals surface area contributed by atoms with Gasteiger partial charge >= 0.3 is 0 Å². The van der Waals surface area contributed by atoms with Gasteiger partial charge in [0.1, 0.15) is 17.5 Å². The summed E-state index contributed by atoms with van der Waals surface area (Å²) in [6.45, 7) is 0.914. The Morgan fingerprint density at radius 1 is 1.11 bits per heavy atom. The minimum absolute atomic E-state index is 0.00948. The van der Waals surface area contributed by atoms with Crippen LogP contribution in [0.2, 0.25) is 0 Å². The van der Waals surface area contributed by atoms with Crippen molar-refractivity contribution in [2.75, 3.05) is 18.5 Å². The maximum atomic E-state index is 13.4. The van der Waals surface area contributed by atoms with Crippen LogP contribution in [-0.4, -0.2) is 31.1 Å². The van der Waals surface area contributed by atoms with E-state index in [1.165, 1.54) is 18.2 Å². The van der Waals surface area contributed by atoms with Gasteiger partial charge in [-0.2, -0.15) is 0 Å². The summed E-state index contributed by atoms with van der Waals surface area (Å²) >= 11 is 0. The Hall–Kier alpha value is -2.87. The molecule has 1 saturated heterocycles. The Morgan fingerprint density at radius 2 is 1.89 bits per heavy atom. The van der Waals surface area contributed by atoms with Crippen molar-refractivity contribution < 1.29 is 22.7 Å².